The molecule has 1 aliphatic rings. The van der Waals surface area contributed by atoms with Crippen LogP contribution in [0.2, 0.25) is 0 Å². The minimum atomic E-state index is 0.678. The van der Waals surface area contributed by atoms with E-state index in [2.05, 4.69) is 29.4 Å². The molecule has 0 unspecified atom stereocenters. The van der Waals surface area contributed by atoms with E-state index in [4.69, 9.17) is 0 Å². The highest BCUT2D eigenvalue weighted by atomic mass is 32.1. The van der Waals surface area contributed by atoms with Gasteiger partial charge < -0.3 is 9.88 Å². The van der Waals surface area contributed by atoms with Gasteiger partial charge in [0.05, 0.1) is 4.88 Å². The molecule has 0 bridgehead atoms. The van der Waals surface area contributed by atoms with Gasteiger partial charge in [-0.3, -0.25) is 0 Å². The van der Waals surface area contributed by atoms with Crippen molar-refractivity contribution in [2.45, 2.75) is 19.9 Å². The third kappa shape index (κ3) is 1.53. The van der Waals surface area contributed by atoms with Crippen molar-refractivity contribution in [1.29, 1.82) is 5.26 Å². The number of rotatable bonds is 1. The van der Waals surface area contributed by atoms with Crippen molar-refractivity contribution in [1.82, 2.24) is 9.55 Å². The van der Waals surface area contributed by atoms with Gasteiger partial charge in [0, 0.05) is 13.1 Å². The van der Waals surface area contributed by atoms with Crippen LogP contribution in [0.3, 0.4) is 0 Å². The molecule has 0 aliphatic carbocycles. The molecule has 2 aromatic rings. The van der Waals surface area contributed by atoms with Gasteiger partial charge >= 0.3 is 0 Å². The summed E-state index contributed by atoms with van der Waals surface area (Å²) in [5.74, 6) is 0.829. The zero-order valence-electron chi connectivity index (χ0n) is 9.53. The van der Waals surface area contributed by atoms with Gasteiger partial charge in [-0.25, -0.2) is 4.98 Å². The minimum absolute atomic E-state index is 0.678. The monoisotopic (exact) mass is 244 g/mol. The highest BCUT2D eigenvalue weighted by molar-refractivity contribution is 7.13. The van der Waals surface area contributed by atoms with E-state index in [0.29, 0.717) is 5.69 Å². The number of nitriles is 1. The Bertz CT molecular complexity index is 603. The average molecular weight is 244 g/mol. The van der Waals surface area contributed by atoms with Crippen molar-refractivity contribution in [3.63, 3.8) is 0 Å². The molecule has 3 heterocycles. The van der Waals surface area contributed by atoms with Crippen LogP contribution in [-0.4, -0.2) is 16.1 Å². The summed E-state index contributed by atoms with van der Waals surface area (Å²) in [7, 11) is 0. The second kappa shape index (κ2) is 3.90. The zero-order chi connectivity index (χ0) is 11.8. The van der Waals surface area contributed by atoms with Crippen LogP contribution in [0.25, 0.3) is 10.6 Å². The number of nitrogens with zero attached hydrogens (tertiary/aromatic N) is 3. The van der Waals surface area contributed by atoms with Gasteiger partial charge in [0.1, 0.15) is 11.8 Å². The summed E-state index contributed by atoms with van der Waals surface area (Å²) >= 11 is 1.64. The van der Waals surface area contributed by atoms with Gasteiger partial charge in [-0.15, -0.1) is 11.3 Å². The molecule has 0 amide bonds. The van der Waals surface area contributed by atoms with Crippen LogP contribution in [0.15, 0.2) is 11.4 Å². The van der Waals surface area contributed by atoms with E-state index in [1.54, 1.807) is 11.3 Å². The standard InChI is InChI=1S/C12H12N4S/c1-8-3-6-17-11(8)10-9(7-13)16-5-2-4-14-12(16)15-10/h3,6H,2,4-5H2,1H3,(H,14,15). The van der Waals surface area contributed by atoms with Gasteiger partial charge in [0.2, 0.25) is 5.95 Å². The molecule has 0 atom stereocenters. The maximum absolute atomic E-state index is 9.32. The average Bonchev–Trinajstić information content (AvgIpc) is 2.91. The molecule has 0 fully saturated rings. The molecule has 3 rings (SSSR count). The van der Waals surface area contributed by atoms with E-state index in [1.807, 2.05) is 9.95 Å². The first-order valence-electron chi connectivity index (χ1n) is 5.60. The molecule has 4 nitrogen and oxygen atoms in total. The van der Waals surface area contributed by atoms with E-state index >= 15 is 0 Å². The minimum Gasteiger partial charge on any atom is -0.356 e. The summed E-state index contributed by atoms with van der Waals surface area (Å²) in [4.78, 5) is 5.67. The molecule has 0 saturated carbocycles. The number of imidazole rings is 1. The fourth-order valence-corrected chi connectivity index (χ4v) is 3.05. The number of hydrogen-bond donors (Lipinski definition) is 1. The first-order valence-corrected chi connectivity index (χ1v) is 6.48. The van der Waals surface area contributed by atoms with Gasteiger partial charge in [0.15, 0.2) is 5.69 Å². The van der Waals surface area contributed by atoms with Gasteiger partial charge in [0.25, 0.3) is 0 Å². The van der Waals surface area contributed by atoms with Crippen LogP contribution in [-0.2, 0) is 6.54 Å². The Morgan fingerprint density at radius 3 is 3.18 bits per heavy atom. The predicted molar refractivity (Wildman–Crippen MR) is 68.1 cm³/mol. The lowest BCUT2D eigenvalue weighted by Crippen LogP contribution is -2.18. The largest absolute Gasteiger partial charge is 0.356 e. The van der Waals surface area contributed by atoms with Crippen molar-refractivity contribution in [3.05, 3.63) is 22.7 Å². The van der Waals surface area contributed by atoms with Crippen LogP contribution >= 0.6 is 11.3 Å². The van der Waals surface area contributed by atoms with Crippen LogP contribution in [0.1, 0.15) is 17.7 Å². The molecule has 17 heavy (non-hydrogen) atoms. The molecule has 5 heteroatoms. The van der Waals surface area contributed by atoms with Gasteiger partial charge in [-0.1, -0.05) is 0 Å². The lowest BCUT2D eigenvalue weighted by atomic mass is 10.2. The maximum Gasteiger partial charge on any atom is 0.204 e. The number of aryl methyl sites for hydroxylation is 1. The second-order valence-corrected chi connectivity index (χ2v) is 5.03. The molecule has 1 aliphatic heterocycles. The van der Waals surface area contributed by atoms with Gasteiger partial charge in [-0.05, 0) is 30.4 Å². The van der Waals surface area contributed by atoms with E-state index in [9.17, 15) is 5.26 Å². The Hall–Kier alpha value is -1.80. The summed E-state index contributed by atoms with van der Waals surface area (Å²) in [5, 5.41) is 14.6. The molecule has 0 aromatic carbocycles. The van der Waals surface area contributed by atoms with Gasteiger partial charge in [-0.2, -0.15) is 5.26 Å². The van der Waals surface area contributed by atoms with Crippen molar-refractivity contribution in [2.24, 2.45) is 0 Å². The Morgan fingerprint density at radius 1 is 1.59 bits per heavy atom. The summed E-state index contributed by atoms with van der Waals surface area (Å²) in [6.07, 6.45) is 1.04. The smallest absolute Gasteiger partial charge is 0.204 e. The zero-order valence-corrected chi connectivity index (χ0v) is 10.3. The fourth-order valence-electron chi connectivity index (χ4n) is 2.13. The lowest BCUT2D eigenvalue weighted by molar-refractivity contribution is 0.622. The quantitative estimate of drug-likeness (QED) is 0.839. The Balaban J connectivity index is 2.21. The van der Waals surface area contributed by atoms with E-state index < -0.39 is 0 Å². The summed E-state index contributed by atoms with van der Waals surface area (Å²) in [5.41, 5.74) is 2.68. The van der Waals surface area contributed by atoms with Crippen molar-refractivity contribution < 1.29 is 0 Å². The van der Waals surface area contributed by atoms with Crippen LogP contribution < -0.4 is 5.32 Å². The molecule has 1 N–H and O–H groups in total. The van der Waals surface area contributed by atoms with Crippen molar-refractivity contribution in [3.8, 4) is 16.6 Å². The topological polar surface area (TPSA) is 53.6 Å². The van der Waals surface area contributed by atoms with Crippen molar-refractivity contribution in [2.75, 3.05) is 11.9 Å². The Morgan fingerprint density at radius 2 is 2.47 bits per heavy atom. The summed E-state index contributed by atoms with van der Waals surface area (Å²) in [6, 6.07) is 4.35. The Labute approximate surface area is 104 Å². The number of nitrogens with one attached hydrogen (secondary N) is 1. The summed E-state index contributed by atoms with van der Waals surface area (Å²) < 4.78 is 1.98. The highest BCUT2D eigenvalue weighted by Crippen LogP contribution is 2.33. The van der Waals surface area contributed by atoms with Crippen molar-refractivity contribution >= 4 is 17.3 Å². The Kier molecular flexibility index (Phi) is 2.37. The molecule has 0 spiro atoms. The second-order valence-electron chi connectivity index (χ2n) is 4.11. The maximum atomic E-state index is 9.32. The first kappa shape index (κ1) is 10.4. The lowest BCUT2D eigenvalue weighted by Gasteiger charge is -2.15. The number of hydrogen-bond acceptors (Lipinski definition) is 4. The third-order valence-corrected chi connectivity index (χ3v) is 4.02. The predicted octanol–water partition coefficient (Wildman–Crippen LogP) is 2.61. The molecular weight excluding hydrogens is 232 g/mol. The molecular formula is C12H12N4S. The van der Waals surface area contributed by atoms with Crippen LogP contribution in [0.4, 0.5) is 5.95 Å². The van der Waals surface area contributed by atoms with Crippen LogP contribution in [0.5, 0.6) is 0 Å². The number of fused-ring (bicyclic) bond motifs is 1. The molecule has 0 radical (unpaired) electrons. The molecule has 86 valence electrons. The third-order valence-electron chi connectivity index (χ3n) is 2.99. The summed E-state index contributed by atoms with van der Waals surface area (Å²) in [6.45, 7) is 3.87. The normalized spacial score (nSPS) is 13.9. The SMILES string of the molecule is Cc1ccsc1-c1nc2n(c1C#N)CCCN2. The molecule has 0 saturated heterocycles. The highest BCUT2D eigenvalue weighted by Gasteiger charge is 2.21. The number of aromatic nitrogens is 2. The first-order chi connectivity index (χ1) is 8.31. The molecule has 2 aromatic heterocycles. The number of thiophene rings is 1. The fraction of sp³-hybridized carbons (Fsp3) is 0.333. The van der Waals surface area contributed by atoms with E-state index in [-0.39, 0.29) is 0 Å². The van der Waals surface area contributed by atoms with E-state index in [0.717, 1.165) is 36.0 Å². The van der Waals surface area contributed by atoms with E-state index in [1.165, 1.54) is 5.56 Å². The number of anilines is 1. The van der Waals surface area contributed by atoms with Crippen LogP contribution in [0, 0.1) is 18.3 Å².